The Morgan fingerprint density at radius 1 is 0.603 bits per heavy atom. The van der Waals surface area contributed by atoms with Crippen LogP contribution in [0.3, 0.4) is 0 Å². The topological polar surface area (TPSA) is 15.3 Å². The minimum Gasteiger partial charge on any atom is -0.356 e. The van der Waals surface area contributed by atoms with Gasteiger partial charge >= 0.3 is 0 Å². The van der Waals surface area contributed by atoms with Crippen molar-refractivity contribution < 1.29 is 0 Å². The number of benzene rings is 7. The third-order valence-electron chi connectivity index (χ3n) is 9.77. The maximum Gasteiger partial charge on any atom is 0.0601 e. The Morgan fingerprint density at radius 2 is 1.19 bits per heavy atom. The highest BCUT2D eigenvalue weighted by atomic mass is 32.2. The van der Waals surface area contributed by atoms with Crippen molar-refractivity contribution in [3.8, 4) is 0 Å². The van der Waals surface area contributed by atoms with E-state index in [-0.39, 0.29) is 0 Å². The van der Waals surface area contributed by atoms with E-state index in [4.69, 9.17) is 0 Å². The summed E-state index contributed by atoms with van der Waals surface area (Å²) in [7, 11) is 0. The van der Waals surface area contributed by atoms with Crippen LogP contribution < -0.4 is 10.2 Å². The number of rotatable bonds is 12. The number of fused-ring (bicyclic) bond motifs is 1. The van der Waals surface area contributed by atoms with Crippen LogP contribution in [0.15, 0.2) is 224 Å². The molecule has 0 aliphatic rings. The Bertz CT molecular complexity index is 2690. The molecule has 0 fully saturated rings. The summed E-state index contributed by atoms with van der Waals surface area (Å²) < 4.78 is 1.36. The van der Waals surface area contributed by atoms with Crippen LogP contribution in [0.1, 0.15) is 32.7 Å². The average Bonchev–Trinajstić information content (AvgIpc) is 3.59. The Morgan fingerprint density at radius 3 is 1.91 bits per heavy atom. The van der Waals surface area contributed by atoms with Crippen molar-refractivity contribution in [1.82, 2.24) is 0 Å². The second-order valence-corrected chi connectivity index (χ2v) is 16.0. The number of thiophene rings is 1. The summed E-state index contributed by atoms with van der Waals surface area (Å²) in [5.41, 5.74) is 11.8. The van der Waals surface area contributed by atoms with Crippen molar-refractivity contribution >= 4 is 73.3 Å². The molecule has 0 spiro atoms. The van der Waals surface area contributed by atoms with Gasteiger partial charge in [-0.3, -0.25) is 0 Å². The first-order valence-corrected chi connectivity index (χ1v) is 20.9. The van der Waals surface area contributed by atoms with Crippen LogP contribution in [0, 0.1) is 13.8 Å². The summed E-state index contributed by atoms with van der Waals surface area (Å²) in [6.45, 7) is 16.9. The number of aryl methyl sites for hydroxylation is 2. The molecule has 58 heavy (non-hydrogen) atoms. The van der Waals surface area contributed by atoms with E-state index in [1.165, 1.54) is 35.9 Å². The molecule has 1 aromatic heterocycles. The van der Waals surface area contributed by atoms with Gasteiger partial charge in [0.1, 0.15) is 0 Å². The normalized spacial score (nSPS) is 10.8. The molecular formula is C54H46N2S2. The summed E-state index contributed by atoms with van der Waals surface area (Å²) in [5, 5.41) is 4.79. The molecule has 1 heterocycles. The molecule has 7 aromatic carbocycles. The van der Waals surface area contributed by atoms with Gasteiger partial charge in [0.05, 0.1) is 5.69 Å². The quantitative estimate of drug-likeness (QED) is 0.124. The van der Waals surface area contributed by atoms with Gasteiger partial charge in [0, 0.05) is 47.7 Å². The maximum atomic E-state index is 4.52. The molecule has 8 aromatic rings. The molecule has 0 bridgehead atoms. The van der Waals surface area contributed by atoms with Crippen molar-refractivity contribution in [1.29, 1.82) is 0 Å². The lowest BCUT2D eigenvalue weighted by Crippen LogP contribution is -2.11. The second-order valence-electron chi connectivity index (χ2n) is 13.7. The van der Waals surface area contributed by atoms with Gasteiger partial charge < -0.3 is 10.2 Å². The van der Waals surface area contributed by atoms with Crippen molar-refractivity contribution in [3.63, 3.8) is 0 Å². The van der Waals surface area contributed by atoms with Gasteiger partial charge in [0.25, 0.3) is 0 Å². The van der Waals surface area contributed by atoms with E-state index < -0.39 is 0 Å². The van der Waals surface area contributed by atoms with Crippen LogP contribution in [0.2, 0.25) is 0 Å². The van der Waals surface area contributed by atoms with Gasteiger partial charge in [-0.15, -0.1) is 11.3 Å². The molecule has 0 aliphatic heterocycles. The molecular weight excluding hydrogens is 741 g/mol. The van der Waals surface area contributed by atoms with Gasteiger partial charge in [-0.25, -0.2) is 0 Å². The summed E-state index contributed by atoms with van der Waals surface area (Å²) in [6, 6.07) is 63.3. The average molecular weight is 787 g/mol. The Balaban J connectivity index is 0.000000307. The number of para-hydroxylation sites is 3. The number of nitrogens with zero attached hydrogens (tertiary/aromatic N) is 1. The first-order valence-electron chi connectivity index (χ1n) is 19.3. The molecule has 0 atom stereocenters. The third kappa shape index (κ3) is 9.33. The lowest BCUT2D eigenvalue weighted by molar-refractivity contribution is 1.22. The van der Waals surface area contributed by atoms with Crippen LogP contribution in [0.5, 0.6) is 0 Å². The monoisotopic (exact) mass is 786 g/mol. The molecule has 0 unspecified atom stereocenters. The molecule has 0 amide bonds. The molecule has 4 heteroatoms. The zero-order chi connectivity index (χ0) is 40.3. The highest BCUT2D eigenvalue weighted by molar-refractivity contribution is 7.99. The predicted molar refractivity (Wildman–Crippen MR) is 256 cm³/mol. The Labute approximate surface area is 351 Å². The molecule has 0 saturated carbocycles. The van der Waals surface area contributed by atoms with E-state index in [1.54, 1.807) is 11.8 Å². The fourth-order valence-electron chi connectivity index (χ4n) is 6.82. The van der Waals surface area contributed by atoms with Gasteiger partial charge in [0.15, 0.2) is 0 Å². The zero-order valence-corrected chi connectivity index (χ0v) is 34.6. The Hall–Kier alpha value is -6.59. The summed E-state index contributed by atoms with van der Waals surface area (Å²) in [4.78, 5) is 6.13. The first-order chi connectivity index (χ1) is 28.4. The number of nitrogens with one attached hydrogen (secondary N) is 1. The van der Waals surface area contributed by atoms with E-state index in [2.05, 4.69) is 189 Å². The summed E-state index contributed by atoms with van der Waals surface area (Å²) >= 11 is 3.64. The molecule has 0 aliphatic carbocycles. The number of hydrogen-bond acceptors (Lipinski definition) is 4. The second kappa shape index (κ2) is 19.0. The highest BCUT2D eigenvalue weighted by Gasteiger charge is 2.18. The van der Waals surface area contributed by atoms with E-state index in [9.17, 15) is 0 Å². The van der Waals surface area contributed by atoms with E-state index >= 15 is 0 Å². The van der Waals surface area contributed by atoms with Crippen LogP contribution in [0.4, 0.5) is 22.7 Å². The van der Waals surface area contributed by atoms with Crippen molar-refractivity contribution in [2.75, 3.05) is 10.2 Å². The van der Waals surface area contributed by atoms with Crippen LogP contribution in [-0.4, -0.2) is 0 Å². The highest BCUT2D eigenvalue weighted by Crippen LogP contribution is 2.43. The largest absolute Gasteiger partial charge is 0.356 e. The van der Waals surface area contributed by atoms with E-state index in [0.29, 0.717) is 0 Å². The minimum atomic E-state index is 0.836. The summed E-state index contributed by atoms with van der Waals surface area (Å²) in [6.07, 6.45) is 5.93. The molecule has 284 valence electrons. The third-order valence-corrected chi connectivity index (χ3v) is 12.1. The van der Waals surface area contributed by atoms with Gasteiger partial charge in [-0.1, -0.05) is 171 Å². The fourth-order valence-corrected chi connectivity index (χ4v) is 8.90. The molecule has 0 radical (unpaired) electrons. The SMILES string of the molecule is C=C(Nc1ccccc1)c1ccccc1C(=C)c1ccc(N(c2ccccc2)c2ccccc2Sc2ccccc2C)cc1.C=C/C=C\c1c(C)sc2ccccc12. The van der Waals surface area contributed by atoms with Gasteiger partial charge in [-0.05, 0) is 108 Å². The van der Waals surface area contributed by atoms with E-state index in [1.807, 2.05) is 66.0 Å². The minimum absolute atomic E-state index is 0.836. The smallest absolute Gasteiger partial charge is 0.0601 e. The van der Waals surface area contributed by atoms with Crippen LogP contribution in [0.25, 0.3) is 27.4 Å². The number of hydrogen-bond donors (Lipinski definition) is 1. The number of anilines is 4. The molecule has 2 nitrogen and oxygen atoms in total. The summed E-state index contributed by atoms with van der Waals surface area (Å²) in [5.74, 6) is 0. The molecule has 8 rings (SSSR count). The maximum absolute atomic E-state index is 4.52. The van der Waals surface area contributed by atoms with Crippen molar-refractivity contribution in [2.24, 2.45) is 0 Å². The Kier molecular flexibility index (Phi) is 13.0. The fraction of sp³-hybridized carbons (Fsp3) is 0.0370. The zero-order valence-electron chi connectivity index (χ0n) is 32.9. The van der Waals surface area contributed by atoms with Crippen molar-refractivity contribution in [2.45, 2.75) is 23.6 Å². The van der Waals surface area contributed by atoms with Crippen LogP contribution in [-0.2, 0) is 0 Å². The molecule has 0 saturated heterocycles. The standard InChI is InChI=1S/C41H34N2S.C13H12S/c1-30-16-10-14-24-40(30)44-41-25-15-13-23-39(41)43(35-19-8-5-9-20-35)36-28-26-33(27-29-36)31(2)37-21-11-12-22-38(37)32(3)42-34-17-6-4-7-18-34;1-3-4-7-11-10(2)14-13-9-6-5-8-12(11)13/h4-29,42H,2-3H2,1H3;3-9H,1H2,2H3/b;7-4-. The lowest BCUT2D eigenvalue weighted by Gasteiger charge is -2.28. The van der Waals surface area contributed by atoms with Gasteiger partial charge in [0.2, 0.25) is 0 Å². The van der Waals surface area contributed by atoms with Crippen molar-refractivity contribution in [3.05, 3.63) is 247 Å². The first kappa shape index (κ1) is 39.6. The van der Waals surface area contributed by atoms with Crippen LogP contribution >= 0.6 is 23.1 Å². The molecule has 1 N–H and O–H groups in total. The van der Waals surface area contributed by atoms with E-state index in [0.717, 1.165) is 50.7 Å². The number of allylic oxidation sites excluding steroid dienone is 2. The van der Waals surface area contributed by atoms with Gasteiger partial charge in [-0.2, -0.15) is 0 Å². The lowest BCUT2D eigenvalue weighted by atomic mass is 9.93. The predicted octanol–water partition coefficient (Wildman–Crippen LogP) is 16.2.